The summed E-state index contributed by atoms with van der Waals surface area (Å²) in [5.74, 6) is 0.408. The zero-order chi connectivity index (χ0) is 13.0. The quantitative estimate of drug-likeness (QED) is 0.782. The third kappa shape index (κ3) is 2.86. The minimum absolute atomic E-state index is 0.0911. The van der Waals surface area contributed by atoms with Gasteiger partial charge in [0, 0.05) is 19.2 Å². The summed E-state index contributed by atoms with van der Waals surface area (Å²) < 4.78 is 5.65. The number of ether oxygens (including phenoxy) is 1. The molecule has 4 heteroatoms. The number of carbonyl (C=O) groups is 1. The van der Waals surface area contributed by atoms with Crippen LogP contribution in [-0.2, 0) is 9.53 Å². The van der Waals surface area contributed by atoms with Crippen molar-refractivity contribution in [2.75, 3.05) is 19.7 Å². The Kier molecular flexibility index (Phi) is 5.01. The molecule has 0 bridgehead atoms. The molecule has 1 aliphatic heterocycles. The van der Waals surface area contributed by atoms with Gasteiger partial charge in [0.1, 0.15) is 0 Å². The molecule has 0 spiro atoms. The molecule has 1 amide bonds. The smallest absolute Gasteiger partial charge is 0.228 e. The average molecular weight is 254 g/mol. The molecular weight excluding hydrogens is 228 g/mol. The van der Waals surface area contributed by atoms with Gasteiger partial charge in [-0.1, -0.05) is 6.92 Å². The van der Waals surface area contributed by atoms with Crippen molar-refractivity contribution in [1.82, 2.24) is 4.90 Å². The molecule has 2 atom stereocenters. The van der Waals surface area contributed by atoms with E-state index in [1.54, 1.807) is 0 Å². The van der Waals surface area contributed by atoms with E-state index >= 15 is 0 Å². The average Bonchev–Trinajstić information content (AvgIpc) is 2.79. The number of carbonyl (C=O) groups excluding carboxylic acids is 1. The lowest BCUT2D eigenvalue weighted by atomic mass is 9.89. The zero-order valence-electron chi connectivity index (χ0n) is 11.4. The van der Waals surface area contributed by atoms with Crippen molar-refractivity contribution in [1.29, 1.82) is 0 Å². The summed E-state index contributed by atoms with van der Waals surface area (Å²) in [7, 11) is 0. The SMILES string of the molecule is CCC1OCCC1C(=O)N(CCCN)C1CCC1. The Hall–Kier alpha value is -0.610. The molecule has 2 unspecified atom stereocenters. The molecule has 0 aromatic heterocycles. The standard InChI is InChI=1S/C14H26N2O2/c1-2-13-12(7-10-18-13)14(17)16(9-4-8-15)11-5-3-6-11/h11-13H,2-10,15H2,1H3. The van der Waals surface area contributed by atoms with E-state index in [-0.39, 0.29) is 12.0 Å². The first-order chi connectivity index (χ1) is 8.77. The van der Waals surface area contributed by atoms with Gasteiger partial charge in [-0.2, -0.15) is 0 Å². The number of hydrogen-bond donors (Lipinski definition) is 1. The first-order valence-electron chi connectivity index (χ1n) is 7.40. The van der Waals surface area contributed by atoms with Crippen LogP contribution < -0.4 is 5.73 Å². The molecule has 2 rings (SSSR count). The first-order valence-corrected chi connectivity index (χ1v) is 7.40. The van der Waals surface area contributed by atoms with Crippen molar-refractivity contribution in [2.45, 2.75) is 57.6 Å². The molecule has 1 saturated carbocycles. The monoisotopic (exact) mass is 254 g/mol. The predicted octanol–water partition coefficient (Wildman–Crippen LogP) is 1.53. The van der Waals surface area contributed by atoms with Crippen molar-refractivity contribution in [3.63, 3.8) is 0 Å². The minimum Gasteiger partial charge on any atom is -0.377 e. The molecule has 0 radical (unpaired) electrons. The Bertz CT molecular complexity index is 279. The van der Waals surface area contributed by atoms with Gasteiger partial charge in [-0.05, 0) is 45.1 Å². The minimum atomic E-state index is 0.0911. The molecule has 0 aromatic carbocycles. The Balaban J connectivity index is 1.97. The number of amides is 1. The van der Waals surface area contributed by atoms with Crippen molar-refractivity contribution < 1.29 is 9.53 Å². The molecule has 1 aliphatic carbocycles. The van der Waals surface area contributed by atoms with Crippen LogP contribution in [0.15, 0.2) is 0 Å². The van der Waals surface area contributed by atoms with E-state index in [2.05, 4.69) is 11.8 Å². The largest absolute Gasteiger partial charge is 0.377 e. The molecule has 18 heavy (non-hydrogen) atoms. The molecule has 2 aliphatic rings. The van der Waals surface area contributed by atoms with Gasteiger partial charge in [0.15, 0.2) is 0 Å². The lowest BCUT2D eigenvalue weighted by Gasteiger charge is -2.39. The summed E-state index contributed by atoms with van der Waals surface area (Å²) in [6.07, 6.45) is 6.47. The van der Waals surface area contributed by atoms with Crippen molar-refractivity contribution in [3.05, 3.63) is 0 Å². The molecule has 104 valence electrons. The second-order valence-corrected chi connectivity index (χ2v) is 5.47. The van der Waals surface area contributed by atoms with Crippen LogP contribution in [0.25, 0.3) is 0 Å². The van der Waals surface area contributed by atoms with Crippen LogP contribution in [0.5, 0.6) is 0 Å². The highest BCUT2D eigenvalue weighted by molar-refractivity contribution is 5.80. The summed E-state index contributed by atoms with van der Waals surface area (Å²) in [5, 5.41) is 0. The molecular formula is C14H26N2O2. The van der Waals surface area contributed by atoms with E-state index < -0.39 is 0 Å². The third-order valence-electron chi connectivity index (χ3n) is 4.33. The van der Waals surface area contributed by atoms with E-state index in [0.29, 0.717) is 18.5 Å². The van der Waals surface area contributed by atoms with Crippen molar-refractivity contribution in [2.24, 2.45) is 11.7 Å². The van der Waals surface area contributed by atoms with Gasteiger partial charge in [0.05, 0.1) is 12.0 Å². The summed E-state index contributed by atoms with van der Waals surface area (Å²) >= 11 is 0. The highest BCUT2D eigenvalue weighted by atomic mass is 16.5. The summed E-state index contributed by atoms with van der Waals surface area (Å²) in [6.45, 7) is 4.33. The molecule has 4 nitrogen and oxygen atoms in total. The molecule has 2 N–H and O–H groups in total. The Labute approximate surface area is 110 Å². The highest BCUT2D eigenvalue weighted by Crippen LogP contribution is 2.31. The van der Waals surface area contributed by atoms with Gasteiger partial charge in [-0.25, -0.2) is 0 Å². The molecule has 1 saturated heterocycles. The van der Waals surface area contributed by atoms with Crippen molar-refractivity contribution in [3.8, 4) is 0 Å². The highest BCUT2D eigenvalue weighted by Gasteiger charge is 2.38. The lowest BCUT2D eigenvalue weighted by Crippen LogP contribution is -2.49. The van der Waals surface area contributed by atoms with Crippen LogP contribution in [0.1, 0.15) is 45.4 Å². The van der Waals surface area contributed by atoms with Gasteiger partial charge in [0.25, 0.3) is 0 Å². The van der Waals surface area contributed by atoms with Crippen LogP contribution in [0, 0.1) is 5.92 Å². The van der Waals surface area contributed by atoms with Gasteiger partial charge in [-0.15, -0.1) is 0 Å². The van der Waals surface area contributed by atoms with Gasteiger partial charge in [-0.3, -0.25) is 4.79 Å². The van der Waals surface area contributed by atoms with Gasteiger partial charge < -0.3 is 15.4 Å². The summed E-state index contributed by atoms with van der Waals surface area (Å²) in [4.78, 5) is 14.8. The maximum atomic E-state index is 12.7. The molecule has 1 heterocycles. The fourth-order valence-corrected chi connectivity index (χ4v) is 2.98. The topological polar surface area (TPSA) is 55.6 Å². The van der Waals surface area contributed by atoms with Crippen LogP contribution in [-0.4, -0.2) is 42.6 Å². The maximum absolute atomic E-state index is 12.7. The summed E-state index contributed by atoms with van der Waals surface area (Å²) in [6, 6.07) is 0.474. The number of nitrogens with zero attached hydrogens (tertiary/aromatic N) is 1. The molecule has 0 aromatic rings. The van der Waals surface area contributed by atoms with Crippen LogP contribution in [0.3, 0.4) is 0 Å². The van der Waals surface area contributed by atoms with E-state index in [4.69, 9.17) is 10.5 Å². The van der Waals surface area contributed by atoms with E-state index in [1.807, 2.05) is 0 Å². The van der Waals surface area contributed by atoms with E-state index in [0.717, 1.165) is 32.4 Å². The maximum Gasteiger partial charge on any atom is 0.228 e. The fraction of sp³-hybridized carbons (Fsp3) is 0.929. The second-order valence-electron chi connectivity index (χ2n) is 5.47. The Morgan fingerprint density at radius 3 is 2.72 bits per heavy atom. The fourth-order valence-electron chi connectivity index (χ4n) is 2.98. The van der Waals surface area contributed by atoms with Crippen molar-refractivity contribution >= 4 is 5.91 Å². The van der Waals surface area contributed by atoms with Gasteiger partial charge in [0.2, 0.25) is 5.91 Å². The van der Waals surface area contributed by atoms with Crippen LogP contribution in [0.2, 0.25) is 0 Å². The number of nitrogens with two attached hydrogens (primary N) is 1. The number of rotatable bonds is 6. The lowest BCUT2D eigenvalue weighted by molar-refractivity contribution is -0.141. The molecule has 2 fully saturated rings. The normalized spacial score (nSPS) is 28.1. The second kappa shape index (κ2) is 6.53. The van der Waals surface area contributed by atoms with Gasteiger partial charge >= 0.3 is 0 Å². The number of hydrogen-bond acceptors (Lipinski definition) is 3. The Morgan fingerprint density at radius 1 is 1.39 bits per heavy atom. The predicted molar refractivity (Wildman–Crippen MR) is 71.2 cm³/mol. The first kappa shape index (κ1) is 13.8. The van der Waals surface area contributed by atoms with E-state index in [9.17, 15) is 4.79 Å². The van der Waals surface area contributed by atoms with Crippen LogP contribution >= 0.6 is 0 Å². The Morgan fingerprint density at radius 2 is 2.17 bits per heavy atom. The third-order valence-corrected chi connectivity index (χ3v) is 4.33. The van der Waals surface area contributed by atoms with Crippen LogP contribution in [0.4, 0.5) is 0 Å². The summed E-state index contributed by atoms with van der Waals surface area (Å²) in [5.41, 5.74) is 5.58. The zero-order valence-corrected chi connectivity index (χ0v) is 11.4. The van der Waals surface area contributed by atoms with E-state index in [1.165, 1.54) is 19.3 Å².